The number of fused-ring (bicyclic) bond motifs is 1. The maximum atomic E-state index is 12.5. The SMILES string of the molecule is Cc1ccc(C(=O)c2cc3c(Cl)cccc3o2)cc1C. The largest absolute Gasteiger partial charge is 0.453 e. The summed E-state index contributed by atoms with van der Waals surface area (Å²) in [7, 11) is 0. The van der Waals surface area contributed by atoms with Crippen molar-refractivity contribution in [2.75, 3.05) is 0 Å². The molecule has 2 nitrogen and oxygen atoms in total. The van der Waals surface area contributed by atoms with E-state index in [9.17, 15) is 4.79 Å². The van der Waals surface area contributed by atoms with Gasteiger partial charge in [-0.1, -0.05) is 29.8 Å². The van der Waals surface area contributed by atoms with Gasteiger partial charge >= 0.3 is 0 Å². The minimum absolute atomic E-state index is 0.125. The zero-order chi connectivity index (χ0) is 14.3. The molecule has 20 heavy (non-hydrogen) atoms. The van der Waals surface area contributed by atoms with Crippen LogP contribution in [0.25, 0.3) is 11.0 Å². The van der Waals surface area contributed by atoms with Crippen LogP contribution in [-0.4, -0.2) is 5.78 Å². The Labute approximate surface area is 122 Å². The Hall–Kier alpha value is -2.06. The Kier molecular flexibility index (Phi) is 3.11. The Morgan fingerprint density at radius 2 is 1.85 bits per heavy atom. The molecule has 1 aromatic heterocycles. The van der Waals surface area contributed by atoms with Crippen LogP contribution in [0.2, 0.25) is 5.02 Å². The van der Waals surface area contributed by atoms with Gasteiger partial charge in [-0.25, -0.2) is 0 Å². The molecule has 0 aliphatic rings. The second-order valence-electron chi connectivity index (χ2n) is 4.89. The van der Waals surface area contributed by atoms with Gasteiger partial charge in [0, 0.05) is 10.9 Å². The van der Waals surface area contributed by atoms with Crippen LogP contribution >= 0.6 is 11.6 Å². The Morgan fingerprint density at radius 3 is 2.55 bits per heavy atom. The van der Waals surface area contributed by atoms with Gasteiger partial charge in [0.2, 0.25) is 5.78 Å². The minimum atomic E-state index is -0.125. The van der Waals surface area contributed by atoms with E-state index >= 15 is 0 Å². The van der Waals surface area contributed by atoms with Crippen molar-refractivity contribution in [1.29, 1.82) is 0 Å². The second kappa shape index (κ2) is 4.80. The summed E-state index contributed by atoms with van der Waals surface area (Å²) in [6.07, 6.45) is 0. The maximum absolute atomic E-state index is 12.5. The van der Waals surface area contributed by atoms with Crippen LogP contribution in [0.4, 0.5) is 0 Å². The molecular weight excluding hydrogens is 272 g/mol. The van der Waals surface area contributed by atoms with E-state index in [1.54, 1.807) is 24.3 Å². The van der Waals surface area contributed by atoms with Crippen molar-refractivity contribution >= 4 is 28.4 Å². The van der Waals surface area contributed by atoms with E-state index in [-0.39, 0.29) is 5.78 Å². The zero-order valence-corrected chi connectivity index (χ0v) is 12.0. The molecule has 3 aromatic rings. The summed E-state index contributed by atoms with van der Waals surface area (Å²) in [5.41, 5.74) is 3.51. The number of ketones is 1. The van der Waals surface area contributed by atoms with Crippen molar-refractivity contribution in [3.63, 3.8) is 0 Å². The summed E-state index contributed by atoms with van der Waals surface area (Å²) in [6, 6.07) is 12.7. The number of halogens is 1. The van der Waals surface area contributed by atoms with Crippen molar-refractivity contribution in [3.05, 3.63) is 69.9 Å². The van der Waals surface area contributed by atoms with E-state index in [2.05, 4.69) is 0 Å². The van der Waals surface area contributed by atoms with E-state index < -0.39 is 0 Å². The second-order valence-corrected chi connectivity index (χ2v) is 5.30. The molecule has 0 spiro atoms. The number of rotatable bonds is 2. The van der Waals surface area contributed by atoms with Gasteiger partial charge in [-0.3, -0.25) is 4.79 Å². The van der Waals surface area contributed by atoms with Gasteiger partial charge in [0.1, 0.15) is 5.58 Å². The third-order valence-electron chi connectivity index (χ3n) is 3.50. The number of hydrogen-bond donors (Lipinski definition) is 0. The van der Waals surface area contributed by atoms with Crippen LogP contribution in [0, 0.1) is 13.8 Å². The molecular formula is C17H13ClO2. The van der Waals surface area contributed by atoms with Crippen LogP contribution < -0.4 is 0 Å². The minimum Gasteiger partial charge on any atom is -0.453 e. The first-order valence-corrected chi connectivity index (χ1v) is 6.74. The van der Waals surface area contributed by atoms with Crippen molar-refractivity contribution in [3.8, 4) is 0 Å². The molecule has 0 saturated carbocycles. The number of aryl methyl sites for hydroxylation is 2. The van der Waals surface area contributed by atoms with Gasteiger partial charge in [0.25, 0.3) is 0 Å². The fourth-order valence-corrected chi connectivity index (χ4v) is 2.38. The van der Waals surface area contributed by atoms with Gasteiger partial charge < -0.3 is 4.42 Å². The van der Waals surface area contributed by atoms with Crippen LogP contribution in [0.15, 0.2) is 46.9 Å². The molecule has 0 N–H and O–H groups in total. The molecule has 0 fully saturated rings. The van der Waals surface area contributed by atoms with Gasteiger partial charge in [-0.05, 0) is 49.2 Å². The number of benzene rings is 2. The first kappa shape index (κ1) is 12.9. The molecule has 0 radical (unpaired) electrons. The lowest BCUT2D eigenvalue weighted by Crippen LogP contribution is -2.00. The molecule has 0 aliphatic carbocycles. The topological polar surface area (TPSA) is 30.2 Å². The lowest BCUT2D eigenvalue weighted by molar-refractivity contribution is 0.101. The van der Waals surface area contributed by atoms with Gasteiger partial charge in [0.05, 0.1) is 5.02 Å². The monoisotopic (exact) mass is 284 g/mol. The highest BCUT2D eigenvalue weighted by molar-refractivity contribution is 6.35. The average molecular weight is 285 g/mol. The van der Waals surface area contributed by atoms with Crippen molar-refractivity contribution in [1.82, 2.24) is 0 Å². The fourth-order valence-electron chi connectivity index (χ4n) is 2.16. The molecule has 100 valence electrons. The first-order valence-electron chi connectivity index (χ1n) is 6.36. The summed E-state index contributed by atoms with van der Waals surface area (Å²) in [4.78, 5) is 12.5. The van der Waals surface area contributed by atoms with Gasteiger partial charge in [-0.15, -0.1) is 0 Å². The maximum Gasteiger partial charge on any atom is 0.228 e. The normalized spacial score (nSPS) is 10.9. The van der Waals surface area contributed by atoms with E-state index in [1.165, 1.54) is 0 Å². The smallest absolute Gasteiger partial charge is 0.228 e. The third-order valence-corrected chi connectivity index (χ3v) is 3.83. The summed E-state index contributed by atoms with van der Waals surface area (Å²) in [5, 5.41) is 1.35. The van der Waals surface area contributed by atoms with Crippen molar-refractivity contribution in [2.24, 2.45) is 0 Å². The molecule has 0 amide bonds. The quantitative estimate of drug-likeness (QED) is 0.624. The predicted molar refractivity (Wildman–Crippen MR) is 80.6 cm³/mol. The third kappa shape index (κ3) is 2.12. The molecule has 3 heteroatoms. The first-order chi connectivity index (χ1) is 9.56. The number of carbonyl (C=O) groups is 1. The van der Waals surface area contributed by atoms with Gasteiger partial charge in [-0.2, -0.15) is 0 Å². The fraction of sp³-hybridized carbons (Fsp3) is 0.118. The highest BCUT2D eigenvalue weighted by Gasteiger charge is 2.16. The van der Waals surface area contributed by atoms with E-state index in [0.29, 0.717) is 21.9 Å². The predicted octanol–water partition coefficient (Wildman–Crippen LogP) is 4.93. The highest BCUT2D eigenvalue weighted by atomic mass is 35.5. The summed E-state index contributed by atoms with van der Waals surface area (Å²) < 4.78 is 5.60. The molecule has 0 aliphatic heterocycles. The van der Waals surface area contributed by atoms with Crippen LogP contribution in [0.3, 0.4) is 0 Å². The van der Waals surface area contributed by atoms with Crippen LogP contribution in [-0.2, 0) is 0 Å². The van der Waals surface area contributed by atoms with E-state index in [4.69, 9.17) is 16.0 Å². The molecule has 0 unspecified atom stereocenters. The van der Waals surface area contributed by atoms with Crippen LogP contribution in [0.1, 0.15) is 27.2 Å². The molecule has 1 heterocycles. The summed E-state index contributed by atoms with van der Waals surface area (Å²) in [5.74, 6) is 0.191. The zero-order valence-electron chi connectivity index (χ0n) is 11.2. The highest BCUT2D eigenvalue weighted by Crippen LogP contribution is 2.28. The number of furan rings is 1. The van der Waals surface area contributed by atoms with Crippen molar-refractivity contribution in [2.45, 2.75) is 13.8 Å². The molecule has 0 saturated heterocycles. The number of carbonyl (C=O) groups excluding carboxylic acids is 1. The van der Waals surface area contributed by atoms with Crippen LogP contribution in [0.5, 0.6) is 0 Å². The standard InChI is InChI=1S/C17H13ClO2/c1-10-6-7-12(8-11(10)2)17(19)16-9-13-14(18)4-3-5-15(13)20-16/h3-9H,1-2H3. The Morgan fingerprint density at radius 1 is 1.05 bits per heavy atom. The summed E-state index contributed by atoms with van der Waals surface area (Å²) in [6.45, 7) is 4.01. The lowest BCUT2D eigenvalue weighted by atomic mass is 10.0. The van der Waals surface area contributed by atoms with Crippen molar-refractivity contribution < 1.29 is 9.21 Å². The molecule has 2 aromatic carbocycles. The molecule has 0 bridgehead atoms. The average Bonchev–Trinajstić information content (AvgIpc) is 2.86. The van der Waals surface area contributed by atoms with Gasteiger partial charge in [0.15, 0.2) is 5.76 Å². The number of hydrogen-bond acceptors (Lipinski definition) is 2. The lowest BCUT2D eigenvalue weighted by Gasteiger charge is -2.02. The Bertz CT molecular complexity index is 815. The van der Waals surface area contributed by atoms with E-state index in [0.717, 1.165) is 16.5 Å². The summed E-state index contributed by atoms with van der Waals surface area (Å²) >= 11 is 6.10. The Balaban J connectivity index is 2.08. The molecule has 3 rings (SSSR count). The van der Waals surface area contributed by atoms with E-state index in [1.807, 2.05) is 32.0 Å². The molecule has 0 atom stereocenters.